The van der Waals surface area contributed by atoms with Crippen LogP contribution in [0.4, 0.5) is 0 Å². The van der Waals surface area contributed by atoms with Crippen molar-refractivity contribution in [2.24, 2.45) is 0 Å². The van der Waals surface area contributed by atoms with Gasteiger partial charge in [-0.15, -0.1) is 0 Å². The Bertz CT molecular complexity index is 364. The second-order valence-corrected chi connectivity index (χ2v) is 4.22. The van der Waals surface area contributed by atoms with Crippen molar-refractivity contribution in [1.29, 1.82) is 0 Å². The van der Waals surface area contributed by atoms with Gasteiger partial charge in [-0.25, -0.2) is 0 Å². The maximum absolute atomic E-state index is 10.8. The largest absolute Gasteiger partial charge is 0.379 e. The number of para-hydroxylation sites is 1. The molecule has 0 aliphatic carbocycles. The van der Waals surface area contributed by atoms with Gasteiger partial charge >= 0.3 is 0 Å². The van der Waals surface area contributed by atoms with Crippen molar-refractivity contribution in [1.82, 2.24) is 10.8 Å². The number of carbonyl (C=O) groups excluding carboxylic acids is 1. The van der Waals surface area contributed by atoms with E-state index in [0.29, 0.717) is 6.42 Å². The summed E-state index contributed by atoms with van der Waals surface area (Å²) in [5.41, 5.74) is 3.24. The molecule has 0 atom stereocenters. The number of rotatable bonds is 0. The predicted octanol–water partition coefficient (Wildman–Crippen LogP) is 1.41. The van der Waals surface area contributed by atoms with Gasteiger partial charge in [0.2, 0.25) is 0 Å². The first-order chi connectivity index (χ1) is 8.36. The van der Waals surface area contributed by atoms with Crippen LogP contribution in [0.2, 0.25) is 0 Å². The summed E-state index contributed by atoms with van der Waals surface area (Å²) in [5.74, 6) is 0.649. The zero-order chi connectivity index (χ0) is 11.9. The fourth-order valence-corrected chi connectivity index (χ4v) is 1.87. The molecule has 2 N–H and O–H groups in total. The highest BCUT2D eigenvalue weighted by molar-refractivity contribution is 5.79. The van der Waals surface area contributed by atoms with Gasteiger partial charge in [0.15, 0.2) is 5.75 Å². The third-order valence-corrected chi connectivity index (χ3v) is 2.81. The molecule has 2 aliphatic heterocycles. The molecule has 4 heteroatoms. The second kappa shape index (κ2) is 6.25. The molecule has 4 nitrogen and oxygen atoms in total. The minimum absolute atomic E-state index is 0.0938. The first-order valence-corrected chi connectivity index (χ1v) is 6.10. The second-order valence-electron chi connectivity index (χ2n) is 4.22. The zero-order valence-electron chi connectivity index (χ0n) is 9.87. The number of hydrogen-bond donors (Lipinski definition) is 2. The highest BCUT2D eigenvalue weighted by Crippen LogP contribution is 2.19. The Morgan fingerprint density at radius 3 is 2.47 bits per heavy atom. The van der Waals surface area contributed by atoms with E-state index in [4.69, 9.17) is 4.84 Å². The lowest BCUT2D eigenvalue weighted by Crippen LogP contribution is -2.32. The third kappa shape index (κ3) is 3.75. The molecule has 0 radical (unpaired) electrons. The lowest BCUT2D eigenvalue weighted by atomic mass is 10.1. The molecule has 1 aromatic carbocycles. The first-order valence-electron chi connectivity index (χ1n) is 6.10. The Balaban J connectivity index is 0.000000153. The summed E-state index contributed by atoms with van der Waals surface area (Å²) in [7, 11) is 0. The van der Waals surface area contributed by atoms with Crippen LogP contribution in [0.1, 0.15) is 24.8 Å². The van der Waals surface area contributed by atoms with Crippen LogP contribution in [0, 0.1) is 0 Å². The quantitative estimate of drug-likeness (QED) is 0.713. The van der Waals surface area contributed by atoms with E-state index in [-0.39, 0.29) is 5.91 Å². The molecule has 0 spiro atoms. The van der Waals surface area contributed by atoms with Gasteiger partial charge in [0.25, 0.3) is 5.91 Å². The van der Waals surface area contributed by atoms with E-state index in [9.17, 15) is 4.79 Å². The Hall–Kier alpha value is -1.55. The minimum atomic E-state index is -0.0938. The highest BCUT2D eigenvalue weighted by Gasteiger charge is 2.14. The highest BCUT2D eigenvalue weighted by atomic mass is 16.7. The van der Waals surface area contributed by atoms with Gasteiger partial charge in [-0.1, -0.05) is 24.6 Å². The van der Waals surface area contributed by atoms with Gasteiger partial charge in [0.1, 0.15) is 0 Å². The van der Waals surface area contributed by atoms with Crippen LogP contribution in [-0.2, 0) is 11.2 Å². The maximum atomic E-state index is 10.8. The molecule has 1 amide bonds. The third-order valence-electron chi connectivity index (χ3n) is 2.81. The number of hydroxylamine groups is 1. The lowest BCUT2D eigenvalue weighted by Gasteiger charge is -2.15. The fraction of sp³-hybridized carbons (Fsp3) is 0.462. The fourth-order valence-electron chi connectivity index (χ4n) is 1.87. The molecule has 1 saturated heterocycles. The van der Waals surface area contributed by atoms with Crippen molar-refractivity contribution >= 4 is 5.91 Å². The van der Waals surface area contributed by atoms with E-state index in [1.54, 1.807) is 0 Å². The van der Waals surface area contributed by atoms with Crippen molar-refractivity contribution in [3.05, 3.63) is 29.8 Å². The Morgan fingerprint density at radius 1 is 1.06 bits per heavy atom. The molecule has 2 aliphatic rings. The summed E-state index contributed by atoms with van der Waals surface area (Å²) < 4.78 is 0. The molecule has 0 saturated carbocycles. The van der Waals surface area contributed by atoms with Crippen molar-refractivity contribution in [3.63, 3.8) is 0 Å². The Labute approximate surface area is 101 Å². The Kier molecular flexibility index (Phi) is 4.38. The van der Waals surface area contributed by atoms with Gasteiger partial charge in [0, 0.05) is 5.56 Å². The average molecular weight is 234 g/mol. The van der Waals surface area contributed by atoms with Gasteiger partial charge in [-0.2, -0.15) is 5.48 Å². The normalized spacial score (nSPS) is 18.0. The van der Waals surface area contributed by atoms with Crippen LogP contribution in [-0.4, -0.2) is 19.0 Å². The minimum Gasteiger partial charge on any atom is -0.379 e. The van der Waals surface area contributed by atoms with Crippen LogP contribution < -0.4 is 15.6 Å². The molecule has 0 unspecified atom stereocenters. The summed E-state index contributed by atoms with van der Waals surface area (Å²) in [6.07, 6.45) is 4.63. The molecular formula is C13H18N2O2. The molecule has 0 aromatic heterocycles. The number of piperidine rings is 1. The van der Waals surface area contributed by atoms with Crippen molar-refractivity contribution < 1.29 is 9.63 Å². The van der Waals surface area contributed by atoms with Gasteiger partial charge < -0.3 is 10.2 Å². The van der Waals surface area contributed by atoms with Crippen LogP contribution >= 0.6 is 0 Å². The summed E-state index contributed by atoms with van der Waals surface area (Å²) >= 11 is 0. The topological polar surface area (TPSA) is 50.4 Å². The van der Waals surface area contributed by atoms with E-state index in [1.807, 2.05) is 24.3 Å². The summed E-state index contributed by atoms with van der Waals surface area (Å²) in [6.45, 7) is 2.50. The zero-order valence-corrected chi connectivity index (χ0v) is 9.87. The molecule has 1 fully saturated rings. The smallest absolute Gasteiger partial charge is 0.257 e. The van der Waals surface area contributed by atoms with Crippen LogP contribution in [0.5, 0.6) is 5.75 Å². The molecular weight excluding hydrogens is 216 g/mol. The number of benzene rings is 1. The van der Waals surface area contributed by atoms with Crippen LogP contribution in [0.25, 0.3) is 0 Å². The number of fused-ring (bicyclic) bond motifs is 1. The predicted molar refractivity (Wildman–Crippen MR) is 65.6 cm³/mol. The standard InChI is InChI=1S/C8H7NO2.C5H11N/c10-8-5-6-3-1-2-4-7(6)11-9-8;1-2-4-6-5-3-1/h1-4H,5H2,(H,9,10);6H,1-5H2. The number of nitrogens with one attached hydrogen (secondary N) is 2. The molecule has 92 valence electrons. The summed E-state index contributed by atoms with van der Waals surface area (Å²) in [6, 6.07) is 7.47. The van der Waals surface area contributed by atoms with Crippen LogP contribution in [0.3, 0.4) is 0 Å². The maximum Gasteiger partial charge on any atom is 0.257 e. The molecule has 1 aromatic rings. The van der Waals surface area contributed by atoms with Crippen molar-refractivity contribution in [2.75, 3.05) is 13.1 Å². The van der Waals surface area contributed by atoms with Crippen LogP contribution in [0.15, 0.2) is 24.3 Å². The average Bonchev–Trinajstić information content (AvgIpc) is 2.41. The number of hydrogen-bond acceptors (Lipinski definition) is 3. The van der Waals surface area contributed by atoms with Crippen molar-refractivity contribution in [3.8, 4) is 5.75 Å². The van der Waals surface area contributed by atoms with E-state index < -0.39 is 0 Å². The number of amides is 1. The Morgan fingerprint density at radius 2 is 1.82 bits per heavy atom. The number of carbonyl (C=O) groups is 1. The summed E-state index contributed by atoms with van der Waals surface area (Å²) in [5, 5.41) is 3.28. The molecule has 2 heterocycles. The van der Waals surface area contributed by atoms with Gasteiger partial charge in [0.05, 0.1) is 6.42 Å². The van der Waals surface area contributed by atoms with E-state index in [0.717, 1.165) is 11.3 Å². The van der Waals surface area contributed by atoms with E-state index in [2.05, 4.69) is 10.8 Å². The van der Waals surface area contributed by atoms with E-state index in [1.165, 1.54) is 32.4 Å². The summed E-state index contributed by atoms with van der Waals surface area (Å²) in [4.78, 5) is 15.7. The monoisotopic (exact) mass is 234 g/mol. The SMILES string of the molecule is C1CCNCC1.O=C1Cc2ccccc2ON1. The van der Waals surface area contributed by atoms with Gasteiger partial charge in [-0.3, -0.25) is 4.79 Å². The van der Waals surface area contributed by atoms with Gasteiger partial charge in [-0.05, 0) is 32.0 Å². The first kappa shape index (κ1) is 11.9. The van der Waals surface area contributed by atoms with E-state index >= 15 is 0 Å². The van der Waals surface area contributed by atoms with Crippen molar-refractivity contribution in [2.45, 2.75) is 25.7 Å². The molecule has 3 rings (SSSR count). The lowest BCUT2D eigenvalue weighted by molar-refractivity contribution is -0.128. The molecule has 0 bridgehead atoms. The molecule has 17 heavy (non-hydrogen) atoms.